The number of nitrogens with zero attached hydrogens (tertiary/aromatic N) is 1. The Hall–Kier alpha value is -2.62. The lowest BCUT2D eigenvalue weighted by Gasteiger charge is -2.38. The Kier molecular flexibility index (Phi) is 10.0. The van der Waals surface area contributed by atoms with Gasteiger partial charge in [0, 0.05) is 44.9 Å². The predicted octanol–water partition coefficient (Wildman–Crippen LogP) is 1.84. The van der Waals surface area contributed by atoms with Crippen LogP contribution in [0.3, 0.4) is 0 Å². The van der Waals surface area contributed by atoms with Gasteiger partial charge in [0.25, 0.3) is 0 Å². The van der Waals surface area contributed by atoms with Gasteiger partial charge in [-0.05, 0) is 60.7 Å². The van der Waals surface area contributed by atoms with E-state index >= 15 is 0 Å². The Labute approximate surface area is 252 Å². The summed E-state index contributed by atoms with van der Waals surface area (Å²) in [4.78, 5) is 0.341. The van der Waals surface area contributed by atoms with Crippen molar-refractivity contribution in [3.63, 3.8) is 0 Å². The molecular weight excluding hydrogens is 594 g/mol. The summed E-state index contributed by atoms with van der Waals surface area (Å²) in [5, 5.41) is 24.6. The lowest BCUT2D eigenvalue weighted by atomic mass is 9.88. The fourth-order valence-corrected chi connectivity index (χ4v) is 8.18. The van der Waals surface area contributed by atoms with Gasteiger partial charge in [0.15, 0.2) is 0 Å². The normalized spacial score (nSPS) is 20.0. The molecule has 2 heterocycles. The topological polar surface area (TPSA) is 154 Å². The number of benzene rings is 3. The Morgan fingerprint density at radius 3 is 2.51 bits per heavy atom. The molecule has 0 radical (unpaired) electrons. The Balaban J connectivity index is 1.07. The number of rotatable bonds is 13. The minimum atomic E-state index is -3.73. The average molecular weight is 634 g/mol. The second-order valence-corrected chi connectivity index (χ2v) is 14.8. The Bertz CT molecular complexity index is 1610. The van der Waals surface area contributed by atoms with E-state index in [0.29, 0.717) is 56.0 Å². The van der Waals surface area contributed by atoms with E-state index in [9.17, 15) is 21.9 Å². The van der Waals surface area contributed by atoms with Crippen LogP contribution in [0.25, 0.3) is 10.8 Å². The van der Waals surface area contributed by atoms with Crippen molar-refractivity contribution in [1.29, 1.82) is 0 Å². The van der Waals surface area contributed by atoms with Crippen molar-refractivity contribution < 1.29 is 36.5 Å². The van der Waals surface area contributed by atoms with Crippen LogP contribution in [0.15, 0.2) is 76.5 Å². The van der Waals surface area contributed by atoms with Gasteiger partial charge in [-0.1, -0.05) is 36.4 Å². The fourth-order valence-electron chi connectivity index (χ4n) is 5.59. The summed E-state index contributed by atoms with van der Waals surface area (Å²) in [6.45, 7) is 1.47. The number of fused-ring (bicyclic) bond motifs is 1. The molecule has 2 atom stereocenters. The molecule has 0 aliphatic carbocycles. The van der Waals surface area contributed by atoms with Crippen LogP contribution in [0.4, 0.5) is 0 Å². The summed E-state index contributed by atoms with van der Waals surface area (Å²) >= 11 is 0. The minimum Gasteiger partial charge on any atom is -0.491 e. The molecule has 1 spiro atoms. The van der Waals surface area contributed by atoms with Crippen LogP contribution in [0.2, 0.25) is 0 Å². The van der Waals surface area contributed by atoms with Gasteiger partial charge < -0.3 is 25.0 Å². The maximum atomic E-state index is 13.4. The van der Waals surface area contributed by atoms with E-state index in [1.807, 2.05) is 30.3 Å². The van der Waals surface area contributed by atoms with Crippen molar-refractivity contribution in [2.45, 2.75) is 53.2 Å². The lowest BCUT2D eigenvalue weighted by Crippen LogP contribution is -2.47. The van der Waals surface area contributed by atoms with Gasteiger partial charge in [-0.15, -0.1) is 0 Å². The summed E-state index contributed by atoms with van der Waals surface area (Å²) in [7, 11) is -7.34. The molecule has 3 aromatic carbocycles. The third-order valence-electron chi connectivity index (χ3n) is 8.03. The van der Waals surface area contributed by atoms with Gasteiger partial charge in [-0.25, -0.2) is 21.6 Å². The van der Waals surface area contributed by atoms with Gasteiger partial charge in [0.1, 0.15) is 18.5 Å². The molecule has 2 fully saturated rings. The molecule has 2 saturated heterocycles. The highest BCUT2D eigenvalue weighted by Crippen LogP contribution is 2.37. The number of nitrogens with one attached hydrogen (secondary N) is 2. The number of hydrogen-bond donors (Lipinski definition) is 4. The monoisotopic (exact) mass is 633 g/mol. The molecule has 0 aromatic heterocycles. The first-order valence-electron chi connectivity index (χ1n) is 14.5. The molecule has 0 bridgehead atoms. The minimum absolute atomic E-state index is 0.0109. The first kappa shape index (κ1) is 31.8. The van der Waals surface area contributed by atoms with Crippen molar-refractivity contribution in [2.24, 2.45) is 0 Å². The van der Waals surface area contributed by atoms with Crippen LogP contribution >= 0.6 is 0 Å². The molecule has 3 aromatic rings. The van der Waals surface area contributed by atoms with Crippen molar-refractivity contribution in [3.05, 3.63) is 66.7 Å². The second-order valence-electron chi connectivity index (χ2n) is 11.1. The van der Waals surface area contributed by atoms with E-state index < -0.39 is 31.8 Å². The molecule has 2 aliphatic heterocycles. The zero-order valence-electron chi connectivity index (χ0n) is 23.9. The zero-order chi connectivity index (χ0) is 30.5. The molecule has 11 nitrogen and oxygen atoms in total. The fraction of sp³-hybridized carbons (Fsp3) is 0.467. The number of aliphatic hydroxyl groups excluding tert-OH is 2. The van der Waals surface area contributed by atoms with E-state index in [1.54, 1.807) is 28.6 Å². The van der Waals surface area contributed by atoms with Crippen LogP contribution in [0, 0.1) is 0 Å². The highest BCUT2D eigenvalue weighted by atomic mass is 32.2. The van der Waals surface area contributed by atoms with Crippen LogP contribution in [-0.2, 0) is 24.8 Å². The van der Waals surface area contributed by atoms with E-state index in [1.165, 1.54) is 12.1 Å². The third-order valence-corrected chi connectivity index (χ3v) is 11.4. The molecule has 2 unspecified atom stereocenters. The number of aliphatic hydroxyl groups is 2. The first-order valence-corrected chi connectivity index (χ1v) is 17.4. The van der Waals surface area contributed by atoms with Gasteiger partial charge in [0.2, 0.25) is 20.0 Å². The number of piperidine rings is 1. The van der Waals surface area contributed by atoms with Gasteiger partial charge in [-0.2, -0.15) is 4.31 Å². The summed E-state index contributed by atoms with van der Waals surface area (Å²) < 4.78 is 67.3. The van der Waals surface area contributed by atoms with E-state index in [-0.39, 0.29) is 37.2 Å². The van der Waals surface area contributed by atoms with E-state index in [4.69, 9.17) is 14.6 Å². The van der Waals surface area contributed by atoms with Crippen molar-refractivity contribution in [2.75, 3.05) is 46.0 Å². The Morgan fingerprint density at radius 1 is 0.977 bits per heavy atom. The summed E-state index contributed by atoms with van der Waals surface area (Å²) in [5.74, 6) is 0.317. The highest BCUT2D eigenvalue weighted by Gasteiger charge is 2.44. The quantitative estimate of drug-likeness (QED) is 0.207. The van der Waals surface area contributed by atoms with Crippen LogP contribution in [-0.4, -0.2) is 95.1 Å². The van der Waals surface area contributed by atoms with Crippen LogP contribution in [0.1, 0.15) is 25.7 Å². The second kappa shape index (κ2) is 13.6. The van der Waals surface area contributed by atoms with Crippen LogP contribution < -0.4 is 14.8 Å². The van der Waals surface area contributed by atoms with Crippen molar-refractivity contribution in [3.8, 4) is 5.75 Å². The van der Waals surface area contributed by atoms with E-state index in [2.05, 4.69) is 10.0 Å². The smallest absolute Gasteiger partial charge is 0.243 e. The van der Waals surface area contributed by atoms with Crippen LogP contribution in [0.5, 0.6) is 5.75 Å². The number of hydrogen-bond acceptors (Lipinski definition) is 9. The summed E-state index contributed by atoms with van der Waals surface area (Å²) in [6.07, 6.45) is 1.38. The largest absolute Gasteiger partial charge is 0.491 e. The highest BCUT2D eigenvalue weighted by molar-refractivity contribution is 7.89. The molecule has 234 valence electrons. The summed E-state index contributed by atoms with van der Waals surface area (Å²) in [6, 6.07) is 19.0. The van der Waals surface area contributed by atoms with Crippen molar-refractivity contribution >= 4 is 30.8 Å². The molecule has 5 rings (SSSR count). The lowest BCUT2D eigenvalue weighted by molar-refractivity contribution is -0.0312. The Morgan fingerprint density at radius 2 is 1.74 bits per heavy atom. The van der Waals surface area contributed by atoms with Gasteiger partial charge >= 0.3 is 0 Å². The van der Waals surface area contributed by atoms with Gasteiger partial charge in [-0.3, -0.25) is 0 Å². The van der Waals surface area contributed by atoms with Gasteiger partial charge in [0.05, 0.1) is 22.0 Å². The zero-order valence-corrected chi connectivity index (χ0v) is 25.5. The molecule has 0 amide bonds. The standard InChI is InChI=1S/C30H39N3O8S2/c34-16-4-13-32-42(36,37)28-8-3-7-27(18-28)40-22-26(35)20-31-25-19-30(41-21-25)11-14-33(15-12-30)43(38,39)29-10-9-23-5-1-2-6-24(23)17-29/h1-3,5-10,17-18,25-26,31-32,34-35H,4,11-16,19-22H2. The average Bonchev–Trinajstić information content (AvgIpc) is 3.41. The number of sulfonamides is 2. The third kappa shape index (κ3) is 7.73. The summed E-state index contributed by atoms with van der Waals surface area (Å²) in [5.41, 5.74) is -0.397. The maximum absolute atomic E-state index is 13.4. The first-order chi connectivity index (χ1) is 20.6. The van der Waals surface area contributed by atoms with Crippen molar-refractivity contribution in [1.82, 2.24) is 14.3 Å². The molecule has 43 heavy (non-hydrogen) atoms. The molecular formula is C30H39N3O8S2. The van der Waals surface area contributed by atoms with E-state index in [0.717, 1.165) is 10.8 Å². The molecule has 13 heteroatoms. The predicted molar refractivity (Wildman–Crippen MR) is 162 cm³/mol. The number of ether oxygens (including phenoxy) is 2. The molecule has 2 aliphatic rings. The SMILES string of the molecule is O=S(=O)(NCCCO)c1cccc(OCC(O)CNC2COC3(CCN(S(=O)(=O)c4ccc5ccccc5c4)CC3)C2)c1. The maximum Gasteiger partial charge on any atom is 0.243 e. The molecule has 4 N–H and O–H groups in total. The molecule has 0 saturated carbocycles.